The molecule has 1 aromatic heterocycles. The number of aromatic nitrogens is 2. The predicted octanol–water partition coefficient (Wildman–Crippen LogP) is 0.789. The molecule has 0 bridgehead atoms. The second-order valence-electron chi connectivity index (χ2n) is 4.39. The van der Waals surface area contributed by atoms with Crippen LogP contribution < -0.4 is 10.2 Å². The largest absolute Gasteiger partial charge is 0.309 e. The van der Waals surface area contributed by atoms with Crippen LogP contribution in [0.4, 0.5) is 5.69 Å². The zero-order chi connectivity index (χ0) is 11.7. The quantitative estimate of drug-likeness (QED) is 0.822. The number of carbonyl (C=O) groups excluding carboxylic acids is 1. The number of amides is 1. The number of nitrogens with one attached hydrogen (secondary N) is 1. The van der Waals surface area contributed by atoms with E-state index < -0.39 is 0 Å². The van der Waals surface area contributed by atoms with Crippen LogP contribution in [0.2, 0.25) is 0 Å². The molecule has 88 valence electrons. The van der Waals surface area contributed by atoms with E-state index in [2.05, 4.69) is 24.3 Å². The van der Waals surface area contributed by atoms with Gasteiger partial charge in [0.25, 0.3) is 0 Å². The van der Waals surface area contributed by atoms with Crippen LogP contribution in [0.15, 0.2) is 12.4 Å². The van der Waals surface area contributed by atoms with Gasteiger partial charge in [0.2, 0.25) is 5.91 Å². The Labute approximate surface area is 95.4 Å². The summed E-state index contributed by atoms with van der Waals surface area (Å²) in [5.41, 5.74) is 0.899. The molecule has 1 aromatic rings. The summed E-state index contributed by atoms with van der Waals surface area (Å²) in [5.74, 6) is 0.144. The van der Waals surface area contributed by atoms with Crippen molar-refractivity contribution in [1.29, 1.82) is 0 Å². The van der Waals surface area contributed by atoms with Crippen LogP contribution >= 0.6 is 0 Å². The Bertz CT molecular complexity index is 385. The Hall–Kier alpha value is -1.36. The lowest BCUT2D eigenvalue weighted by molar-refractivity contribution is -0.118. The third kappa shape index (κ3) is 1.82. The molecule has 2 rings (SSSR count). The van der Waals surface area contributed by atoms with Gasteiger partial charge in [-0.3, -0.25) is 9.48 Å². The second-order valence-corrected chi connectivity index (χ2v) is 4.39. The van der Waals surface area contributed by atoms with Crippen LogP contribution in [0.25, 0.3) is 0 Å². The maximum Gasteiger partial charge on any atom is 0.244 e. The molecule has 1 saturated heterocycles. The number of carbonyl (C=O) groups is 1. The van der Waals surface area contributed by atoms with Crippen LogP contribution in [0.1, 0.15) is 26.3 Å². The number of rotatable bonds is 3. The van der Waals surface area contributed by atoms with Crippen molar-refractivity contribution in [2.24, 2.45) is 0 Å². The first-order valence-electron chi connectivity index (χ1n) is 5.66. The first-order valence-corrected chi connectivity index (χ1v) is 5.66. The lowest BCUT2D eigenvalue weighted by Gasteiger charge is -2.14. The third-order valence-corrected chi connectivity index (χ3v) is 2.98. The highest BCUT2D eigenvalue weighted by atomic mass is 16.2. The normalized spacial score (nSPS) is 21.1. The molecule has 1 aliphatic heterocycles. The molecule has 1 fully saturated rings. The SMILES string of the molecule is CNC1CCN(c2cnn(C(C)C)c2)C1=O. The van der Waals surface area contributed by atoms with Crippen molar-refractivity contribution in [3.05, 3.63) is 12.4 Å². The van der Waals surface area contributed by atoms with E-state index in [0.717, 1.165) is 18.7 Å². The summed E-state index contributed by atoms with van der Waals surface area (Å²) in [6, 6.07) is 0.286. The fraction of sp³-hybridized carbons (Fsp3) is 0.636. The van der Waals surface area contributed by atoms with Crippen molar-refractivity contribution in [2.75, 3.05) is 18.5 Å². The van der Waals surface area contributed by atoms with Gasteiger partial charge in [0.05, 0.1) is 17.9 Å². The first kappa shape index (κ1) is 11.1. The van der Waals surface area contributed by atoms with Crippen molar-refractivity contribution in [1.82, 2.24) is 15.1 Å². The highest BCUT2D eigenvalue weighted by Gasteiger charge is 2.31. The van der Waals surface area contributed by atoms with Gasteiger partial charge in [-0.1, -0.05) is 0 Å². The van der Waals surface area contributed by atoms with Crippen molar-refractivity contribution in [3.8, 4) is 0 Å². The highest BCUT2D eigenvalue weighted by Crippen LogP contribution is 2.21. The fourth-order valence-electron chi connectivity index (χ4n) is 1.95. The van der Waals surface area contributed by atoms with E-state index in [4.69, 9.17) is 0 Å². The van der Waals surface area contributed by atoms with E-state index >= 15 is 0 Å². The summed E-state index contributed by atoms with van der Waals surface area (Å²) in [7, 11) is 1.82. The Morgan fingerprint density at radius 1 is 1.56 bits per heavy atom. The number of likely N-dealkylation sites (N-methyl/N-ethyl adjacent to an activating group) is 1. The van der Waals surface area contributed by atoms with Crippen molar-refractivity contribution < 1.29 is 4.79 Å². The van der Waals surface area contributed by atoms with Gasteiger partial charge in [0, 0.05) is 18.8 Å². The van der Waals surface area contributed by atoms with Gasteiger partial charge < -0.3 is 10.2 Å². The highest BCUT2D eigenvalue weighted by molar-refractivity contribution is 5.99. The maximum absolute atomic E-state index is 11.9. The smallest absolute Gasteiger partial charge is 0.244 e. The molecule has 0 saturated carbocycles. The topological polar surface area (TPSA) is 50.2 Å². The van der Waals surface area contributed by atoms with Crippen molar-refractivity contribution >= 4 is 11.6 Å². The van der Waals surface area contributed by atoms with E-state index in [1.807, 2.05) is 17.9 Å². The van der Waals surface area contributed by atoms with E-state index in [0.29, 0.717) is 6.04 Å². The Morgan fingerprint density at radius 2 is 2.31 bits per heavy atom. The lowest BCUT2D eigenvalue weighted by Crippen LogP contribution is -2.36. The minimum atomic E-state index is -0.0394. The Morgan fingerprint density at radius 3 is 2.81 bits per heavy atom. The predicted molar refractivity (Wildman–Crippen MR) is 62.4 cm³/mol. The van der Waals surface area contributed by atoms with Crippen LogP contribution in [0, 0.1) is 0 Å². The average Bonchev–Trinajstić information content (AvgIpc) is 2.83. The van der Waals surface area contributed by atoms with E-state index in [1.54, 1.807) is 11.1 Å². The average molecular weight is 222 g/mol. The summed E-state index contributed by atoms with van der Waals surface area (Å²) >= 11 is 0. The zero-order valence-electron chi connectivity index (χ0n) is 9.97. The summed E-state index contributed by atoms with van der Waals surface area (Å²) in [6.45, 7) is 4.91. The lowest BCUT2D eigenvalue weighted by atomic mass is 10.3. The second kappa shape index (κ2) is 4.25. The van der Waals surface area contributed by atoms with Gasteiger partial charge in [-0.25, -0.2) is 0 Å². The first-order chi connectivity index (χ1) is 7.63. The third-order valence-electron chi connectivity index (χ3n) is 2.98. The molecule has 0 aromatic carbocycles. The van der Waals surface area contributed by atoms with Crippen LogP contribution in [0.5, 0.6) is 0 Å². The van der Waals surface area contributed by atoms with Gasteiger partial charge >= 0.3 is 0 Å². The van der Waals surface area contributed by atoms with Gasteiger partial charge in [-0.2, -0.15) is 5.10 Å². The molecule has 0 aliphatic carbocycles. The van der Waals surface area contributed by atoms with Gasteiger partial charge in [-0.15, -0.1) is 0 Å². The molecule has 1 unspecified atom stereocenters. The molecule has 1 aliphatic rings. The van der Waals surface area contributed by atoms with E-state index in [9.17, 15) is 4.79 Å². The van der Waals surface area contributed by atoms with Crippen molar-refractivity contribution in [2.45, 2.75) is 32.4 Å². The van der Waals surface area contributed by atoms with Gasteiger partial charge in [0.1, 0.15) is 0 Å². The Kier molecular flexibility index (Phi) is 2.96. The van der Waals surface area contributed by atoms with Crippen LogP contribution in [0.3, 0.4) is 0 Å². The molecular weight excluding hydrogens is 204 g/mol. The fourth-order valence-corrected chi connectivity index (χ4v) is 1.95. The van der Waals surface area contributed by atoms with Crippen LogP contribution in [-0.2, 0) is 4.79 Å². The van der Waals surface area contributed by atoms with Gasteiger partial charge in [-0.05, 0) is 27.3 Å². The molecule has 0 spiro atoms. The molecule has 5 nitrogen and oxygen atoms in total. The molecule has 2 heterocycles. The standard InChI is InChI=1S/C11H18N4O/c1-8(2)15-7-9(6-13-15)14-5-4-10(12-3)11(14)16/h6-8,10,12H,4-5H2,1-3H3. The van der Waals surface area contributed by atoms with Gasteiger partial charge in [0.15, 0.2) is 0 Å². The molecular formula is C11H18N4O. The Balaban J connectivity index is 2.16. The van der Waals surface area contributed by atoms with Crippen molar-refractivity contribution in [3.63, 3.8) is 0 Å². The summed E-state index contributed by atoms with van der Waals surface area (Å²) in [5, 5.41) is 7.27. The minimum Gasteiger partial charge on any atom is -0.309 e. The number of hydrogen-bond acceptors (Lipinski definition) is 3. The number of anilines is 1. The zero-order valence-corrected chi connectivity index (χ0v) is 9.97. The number of hydrogen-bond donors (Lipinski definition) is 1. The summed E-state index contributed by atoms with van der Waals surface area (Å²) < 4.78 is 1.87. The van der Waals surface area contributed by atoms with Crippen LogP contribution in [-0.4, -0.2) is 35.3 Å². The molecule has 5 heteroatoms. The summed E-state index contributed by atoms with van der Waals surface area (Å²) in [6.07, 6.45) is 4.55. The number of nitrogens with zero attached hydrogens (tertiary/aromatic N) is 3. The monoisotopic (exact) mass is 222 g/mol. The maximum atomic E-state index is 11.9. The molecule has 1 atom stereocenters. The van der Waals surface area contributed by atoms with E-state index in [-0.39, 0.29) is 11.9 Å². The minimum absolute atomic E-state index is 0.0394. The molecule has 0 radical (unpaired) electrons. The summed E-state index contributed by atoms with van der Waals surface area (Å²) in [4.78, 5) is 13.7. The molecule has 1 N–H and O–H groups in total. The molecule has 16 heavy (non-hydrogen) atoms. The van der Waals surface area contributed by atoms with E-state index in [1.165, 1.54) is 0 Å². The molecule has 1 amide bonds.